The minimum Gasteiger partial charge on any atom is -0.460 e. The topological polar surface area (TPSA) is 66.8 Å². The summed E-state index contributed by atoms with van der Waals surface area (Å²) in [6.07, 6.45) is 8.61. The highest BCUT2D eigenvalue weighted by Crippen LogP contribution is 2.69. The smallest absolute Gasteiger partial charge is 0.338 e. The maximum absolute atomic E-state index is 12.2. The van der Waals surface area contributed by atoms with Crippen LogP contribution in [0, 0.1) is 40.4 Å². The maximum Gasteiger partial charge on any atom is 0.338 e. The highest BCUT2D eigenvalue weighted by atomic mass is 16.6. The van der Waals surface area contributed by atoms with Crippen LogP contribution in [0.1, 0.15) is 72.1 Å². The molecule has 0 aromatic carbocycles. The van der Waals surface area contributed by atoms with Crippen molar-refractivity contribution in [3.63, 3.8) is 0 Å². The minimum atomic E-state index is -1.32. The zero-order valence-corrected chi connectivity index (χ0v) is 16.4. The number of carbonyl (C=O) groups excluding carboxylic acids is 1. The summed E-state index contributed by atoms with van der Waals surface area (Å²) in [5.74, 6) is 2.18. The molecule has 5 fully saturated rings. The molecule has 1 heterocycles. The van der Waals surface area contributed by atoms with Gasteiger partial charge in [-0.1, -0.05) is 13.8 Å². The van der Waals surface area contributed by atoms with E-state index in [1.165, 1.54) is 19.3 Å². The molecule has 10 atom stereocenters. The Morgan fingerprint density at radius 3 is 2.46 bits per heavy atom. The first-order chi connectivity index (χ1) is 12.2. The molecule has 0 aromatic rings. The highest BCUT2D eigenvalue weighted by molar-refractivity contribution is 5.82. The van der Waals surface area contributed by atoms with E-state index < -0.39 is 11.6 Å². The predicted octanol–water partition coefficient (Wildman–Crippen LogP) is 3.29. The number of fused-ring (bicyclic) bond motifs is 7. The van der Waals surface area contributed by atoms with E-state index in [1.807, 2.05) is 0 Å². The first-order valence-corrected chi connectivity index (χ1v) is 10.8. The number of aliphatic hydroxyl groups is 2. The molecule has 5 rings (SSSR count). The Bertz CT molecular complexity index is 630. The van der Waals surface area contributed by atoms with Gasteiger partial charge in [0.25, 0.3) is 0 Å². The Kier molecular flexibility index (Phi) is 3.53. The molecule has 0 amide bonds. The maximum atomic E-state index is 12.2. The average molecular weight is 363 g/mol. The third kappa shape index (κ3) is 2.01. The van der Waals surface area contributed by atoms with Gasteiger partial charge in [0, 0.05) is 5.92 Å². The first kappa shape index (κ1) is 17.5. The van der Waals surface area contributed by atoms with Crippen LogP contribution in [-0.2, 0) is 9.53 Å². The van der Waals surface area contributed by atoms with Gasteiger partial charge in [-0.15, -0.1) is 0 Å². The Morgan fingerprint density at radius 2 is 1.69 bits per heavy atom. The van der Waals surface area contributed by atoms with Crippen molar-refractivity contribution in [3.05, 3.63) is 0 Å². The van der Waals surface area contributed by atoms with Gasteiger partial charge in [-0.3, -0.25) is 0 Å². The number of aliphatic hydroxyl groups excluding tert-OH is 1. The van der Waals surface area contributed by atoms with E-state index >= 15 is 0 Å². The van der Waals surface area contributed by atoms with E-state index in [-0.39, 0.29) is 23.5 Å². The van der Waals surface area contributed by atoms with Crippen LogP contribution in [-0.4, -0.2) is 34.0 Å². The van der Waals surface area contributed by atoms with Gasteiger partial charge in [0.05, 0.1) is 6.10 Å². The van der Waals surface area contributed by atoms with Gasteiger partial charge in [0.1, 0.15) is 6.10 Å². The van der Waals surface area contributed by atoms with Crippen LogP contribution in [0.5, 0.6) is 0 Å². The van der Waals surface area contributed by atoms with Crippen molar-refractivity contribution in [1.82, 2.24) is 0 Å². The van der Waals surface area contributed by atoms with Crippen LogP contribution < -0.4 is 0 Å². The van der Waals surface area contributed by atoms with Gasteiger partial charge in [-0.05, 0) is 92.8 Å². The van der Waals surface area contributed by atoms with E-state index in [2.05, 4.69) is 13.8 Å². The van der Waals surface area contributed by atoms with Gasteiger partial charge < -0.3 is 14.9 Å². The van der Waals surface area contributed by atoms with Gasteiger partial charge in [-0.2, -0.15) is 0 Å². The summed E-state index contributed by atoms with van der Waals surface area (Å²) < 4.78 is 5.66. The van der Waals surface area contributed by atoms with Crippen molar-refractivity contribution >= 4 is 5.97 Å². The van der Waals surface area contributed by atoms with Crippen molar-refractivity contribution in [3.8, 4) is 0 Å². The zero-order chi connectivity index (χ0) is 18.5. The number of hydrogen-bond acceptors (Lipinski definition) is 4. The molecular formula is C22H34O4. The summed E-state index contributed by atoms with van der Waals surface area (Å²) in [6.45, 7) is 6.50. The van der Waals surface area contributed by atoms with Crippen LogP contribution in [0.4, 0.5) is 0 Å². The lowest BCUT2D eigenvalue weighted by Gasteiger charge is -2.61. The molecule has 0 radical (unpaired) electrons. The molecule has 0 aromatic heterocycles. The van der Waals surface area contributed by atoms with E-state index in [4.69, 9.17) is 4.74 Å². The lowest BCUT2D eigenvalue weighted by Crippen LogP contribution is -2.56. The Balaban J connectivity index is 1.47. The van der Waals surface area contributed by atoms with Gasteiger partial charge in [-0.25, -0.2) is 4.79 Å². The number of ether oxygens (including phenoxy) is 1. The minimum absolute atomic E-state index is 0.0128. The normalized spacial score (nSPS) is 61.3. The SMILES string of the molecule is C[C@]12CC[C@H](O)C[C@@H]1CC[C@@H]1[C@@H]2CC[C@@]2(C)[C@H]1C[C@@H]1OC(=O)[C@@](C)(O)[C@@H]12. The molecule has 2 N–H and O–H groups in total. The summed E-state index contributed by atoms with van der Waals surface area (Å²) in [5.41, 5.74) is -0.948. The standard InChI is InChI=1S/C22H34O4/c1-20-8-6-13(23)10-12(20)4-5-14-15(20)7-9-21(2)16(14)11-17-18(21)22(3,25)19(24)26-17/h12-18,23,25H,4-11H2,1-3H3/t12-,13-,14+,15-,16-,17-,18-,20-,21-,22-/m0/s1. The Labute approximate surface area is 156 Å². The van der Waals surface area contributed by atoms with Crippen molar-refractivity contribution in [2.75, 3.05) is 0 Å². The van der Waals surface area contributed by atoms with Crippen molar-refractivity contribution in [1.29, 1.82) is 0 Å². The molecule has 0 spiro atoms. The molecule has 0 bridgehead atoms. The molecule has 26 heavy (non-hydrogen) atoms. The summed E-state index contributed by atoms with van der Waals surface area (Å²) in [5, 5.41) is 21.1. The Hall–Kier alpha value is -0.610. The van der Waals surface area contributed by atoms with Crippen LogP contribution in [0.25, 0.3) is 0 Å². The molecule has 4 nitrogen and oxygen atoms in total. The monoisotopic (exact) mass is 362 g/mol. The quantitative estimate of drug-likeness (QED) is 0.649. The first-order valence-electron chi connectivity index (χ1n) is 10.8. The molecule has 146 valence electrons. The summed E-state index contributed by atoms with van der Waals surface area (Å²) in [4.78, 5) is 12.2. The lowest BCUT2D eigenvalue weighted by atomic mass is 9.44. The number of hydrogen-bond donors (Lipinski definition) is 2. The van der Waals surface area contributed by atoms with Crippen LogP contribution in [0.3, 0.4) is 0 Å². The second-order valence-corrected chi connectivity index (χ2v) is 10.9. The second-order valence-electron chi connectivity index (χ2n) is 10.9. The van der Waals surface area contributed by atoms with Crippen molar-refractivity contribution < 1.29 is 19.7 Å². The average Bonchev–Trinajstić information content (AvgIpc) is 2.99. The molecule has 0 unspecified atom stereocenters. The molecular weight excluding hydrogens is 328 g/mol. The number of carbonyl (C=O) groups is 1. The van der Waals surface area contributed by atoms with E-state index in [0.717, 1.165) is 38.0 Å². The van der Waals surface area contributed by atoms with Gasteiger partial charge in [0.2, 0.25) is 0 Å². The van der Waals surface area contributed by atoms with Crippen LogP contribution in [0.2, 0.25) is 0 Å². The van der Waals surface area contributed by atoms with E-state index in [9.17, 15) is 15.0 Å². The third-order valence-electron chi connectivity index (χ3n) is 9.92. The fourth-order valence-corrected chi connectivity index (χ4v) is 8.73. The summed E-state index contributed by atoms with van der Waals surface area (Å²) in [6, 6.07) is 0. The molecule has 4 aliphatic carbocycles. The molecule has 4 saturated carbocycles. The molecule has 1 saturated heterocycles. The van der Waals surface area contributed by atoms with Crippen molar-refractivity contribution in [2.24, 2.45) is 40.4 Å². The summed E-state index contributed by atoms with van der Waals surface area (Å²) in [7, 11) is 0. The lowest BCUT2D eigenvalue weighted by molar-refractivity contribution is -0.164. The predicted molar refractivity (Wildman–Crippen MR) is 97.1 cm³/mol. The molecule has 1 aliphatic heterocycles. The summed E-state index contributed by atoms with van der Waals surface area (Å²) >= 11 is 0. The molecule has 4 heteroatoms. The van der Waals surface area contributed by atoms with E-state index in [1.54, 1.807) is 6.92 Å². The largest absolute Gasteiger partial charge is 0.460 e. The van der Waals surface area contributed by atoms with E-state index in [0.29, 0.717) is 23.2 Å². The second kappa shape index (κ2) is 5.26. The highest BCUT2D eigenvalue weighted by Gasteiger charge is 2.70. The van der Waals surface area contributed by atoms with Crippen LogP contribution in [0.15, 0.2) is 0 Å². The van der Waals surface area contributed by atoms with Gasteiger partial charge in [0.15, 0.2) is 5.60 Å². The Morgan fingerprint density at radius 1 is 0.962 bits per heavy atom. The fraction of sp³-hybridized carbons (Fsp3) is 0.955. The zero-order valence-electron chi connectivity index (χ0n) is 16.4. The fourth-order valence-electron chi connectivity index (χ4n) is 8.73. The van der Waals surface area contributed by atoms with Gasteiger partial charge >= 0.3 is 5.97 Å². The van der Waals surface area contributed by atoms with Crippen molar-refractivity contribution in [2.45, 2.75) is 89.9 Å². The number of rotatable bonds is 0. The number of esters is 1. The van der Waals surface area contributed by atoms with Crippen LogP contribution >= 0.6 is 0 Å². The molecule has 5 aliphatic rings. The third-order valence-corrected chi connectivity index (χ3v) is 9.92.